The molecule has 0 aliphatic rings. The van der Waals surface area contributed by atoms with E-state index in [0.29, 0.717) is 5.15 Å². The Balaban J connectivity index is 2.65. The lowest BCUT2D eigenvalue weighted by Crippen LogP contribution is -1.98. The molecule has 0 bridgehead atoms. The van der Waals surface area contributed by atoms with E-state index in [9.17, 15) is 4.39 Å². The van der Waals surface area contributed by atoms with Crippen molar-refractivity contribution < 1.29 is 4.39 Å². The third-order valence-corrected chi connectivity index (χ3v) is 3.18. The second-order valence-corrected chi connectivity index (χ2v) is 4.42. The summed E-state index contributed by atoms with van der Waals surface area (Å²) in [6.07, 6.45) is 0. The molecular formula is C12H9Cl2FN2. The van der Waals surface area contributed by atoms with Crippen molar-refractivity contribution in [3.63, 3.8) is 0 Å². The third kappa shape index (κ3) is 2.26. The smallest absolute Gasteiger partial charge is 0.164 e. The van der Waals surface area contributed by atoms with Crippen molar-refractivity contribution in [2.24, 2.45) is 0 Å². The van der Waals surface area contributed by atoms with Crippen LogP contribution in [0.1, 0.15) is 11.3 Å². The molecule has 0 saturated carbocycles. The molecule has 0 aliphatic carbocycles. The van der Waals surface area contributed by atoms with Crippen molar-refractivity contribution in [2.45, 2.75) is 13.8 Å². The van der Waals surface area contributed by atoms with E-state index >= 15 is 0 Å². The van der Waals surface area contributed by atoms with Crippen molar-refractivity contribution in [2.75, 3.05) is 0 Å². The van der Waals surface area contributed by atoms with Gasteiger partial charge in [-0.1, -0.05) is 29.3 Å². The average Bonchev–Trinajstić information content (AvgIpc) is 2.29. The summed E-state index contributed by atoms with van der Waals surface area (Å²) in [5, 5.41) is 0.368. The topological polar surface area (TPSA) is 25.8 Å². The number of rotatable bonds is 1. The normalized spacial score (nSPS) is 10.6. The highest BCUT2D eigenvalue weighted by molar-refractivity contribution is 6.31. The number of aryl methyl sites for hydroxylation is 1. The fourth-order valence-corrected chi connectivity index (χ4v) is 1.78. The van der Waals surface area contributed by atoms with Crippen LogP contribution < -0.4 is 0 Å². The fourth-order valence-electron chi connectivity index (χ4n) is 1.39. The molecule has 0 aliphatic heterocycles. The molecule has 0 N–H and O–H groups in total. The van der Waals surface area contributed by atoms with Gasteiger partial charge in [0.05, 0.1) is 10.6 Å². The molecule has 0 amide bonds. The van der Waals surface area contributed by atoms with Gasteiger partial charge in [0, 0.05) is 11.3 Å². The monoisotopic (exact) mass is 270 g/mol. The molecule has 0 fully saturated rings. The van der Waals surface area contributed by atoms with Crippen molar-refractivity contribution in [1.29, 1.82) is 0 Å². The van der Waals surface area contributed by atoms with Gasteiger partial charge in [0.2, 0.25) is 0 Å². The van der Waals surface area contributed by atoms with Crippen molar-refractivity contribution in [3.05, 3.63) is 45.4 Å². The maximum Gasteiger partial charge on any atom is 0.164 e. The van der Waals surface area contributed by atoms with E-state index in [0.717, 1.165) is 11.3 Å². The molecular weight excluding hydrogens is 262 g/mol. The van der Waals surface area contributed by atoms with Gasteiger partial charge in [-0.3, -0.25) is 0 Å². The summed E-state index contributed by atoms with van der Waals surface area (Å²) >= 11 is 11.7. The van der Waals surface area contributed by atoms with Crippen LogP contribution in [-0.2, 0) is 0 Å². The van der Waals surface area contributed by atoms with Gasteiger partial charge >= 0.3 is 0 Å². The van der Waals surface area contributed by atoms with Gasteiger partial charge in [0.15, 0.2) is 11.6 Å². The van der Waals surface area contributed by atoms with Crippen LogP contribution in [0.5, 0.6) is 0 Å². The molecule has 2 nitrogen and oxygen atoms in total. The first-order chi connectivity index (χ1) is 8.00. The van der Waals surface area contributed by atoms with Crippen LogP contribution in [0, 0.1) is 19.7 Å². The predicted octanol–water partition coefficient (Wildman–Crippen LogP) is 4.21. The minimum Gasteiger partial charge on any atom is -0.233 e. The van der Waals surface area contributed by atoms with Crippen LogP contribution in [0.3, 0.4) is 0 Å². The van der Waals surface area contributed by atoms with Gasteiger partial charge in [-0.25, -0.2) is 14.4 Å². The Bertz CT molecular complexity index is 562. The zero-order valence-electron chi connectivity index (χ0n) is 9.26. The van der Waals surface area contributed by atoms with E-state index in [-0.39, 0.29) is 16.4 Å². The quantitative estimate of drug-likeness (QED) is 0.726. The largest absolute Gasteiger partial charge is 0.233 e. The Morgan fingerprint density at radius 3 is 2.47 bits per heavy atom. The maximum atomic E-state index is 13.8. The zero-order valence-corrected chi connectivity index (χ0v) is 10.8. The van der Waals surface area contributed by atoms with E-state index in [2.05, 4.69) is 9.97 Å². The van der Waals surface area contributed by atoms with E-state index < -0.39 is 5.82 Å². The Labute approximate surface area is 108 Å². The molecule has 0 saturated heterocycles. The Kier molecular flexibility index (Phi) is 3.31. The van der Waals surface area contributed by atoms with E-state index in [1.54, 1.807) is 19.1 Å². The Morgan fingerprint density at radius 1 is 1.12 bits per heavy atom. The van der Waals surface area contributed by atoms with Gasteiger partial charge in [-0.15, -0.1) is 0 Å². The first-order valence-electron chi connectivity index (χ1n) is 4.96. The average molecular weight is 271 g/mol. The van der Waals surface area contributed by atoms with Crippen LogP contribution in [0.2, 0.25) is 10.2 Å². The molecule has 17 heavy (non-hydrogen) atoms. The van der Waals surface area contributed by atoms with Crippen LogP contribution in [0.25, 0.3) is 11.4 Å². The summed E-state index contributed by atoms with van der Waals surface area (Å²) in [5.41, 5.74) is 1.76. The molecule has 2 rings (SSSR count). The van der Waals surface area contributed by atoms with Crippen LogP contribution >= 0.6 is 23.2 Å². The van der Waals surface area contributed by atoms with Gasteiger partial charge in [0.1, 0.15) is 5.15 Å². The second kappa shape index (κ2) is 4.59. The molecule has 2 aromatic rings. The van der Waals surface area contributed by atoms with Crippen molar-refractivity contribution in [1.82, 2.24) is 9.97 Å². The van der Waals surface area contributed by atoms with Gasteiger partial charge in [-0.05, 0) is 26.0 Å². The summed E-state index contributed by atoms with van der Waals surface area (Å²) in [4.78, 5) is 8.27. The van der Waals surface area contributed by atoms with Crippen molar-refractivity contribution >= 4 is 23.2 Å². The number of aromatic nitrogens is 2. The van der Waals surface area contributed by atoms with Crippen LogP contribution in [0.15, 0.2) is 18.2 Å². The summed E-state index contributed by atoms with van der Waals surface area (Å²) in [6, 6.07) is 4.69. The number of hydrogen-bond donors (Lipinski definition) is 0. The predicted molar refractivity (Wildman–Crippen MR) is 66.9 cm³/mol. The molecule has 1 heterocycles. The van der Waals surface area contributed by atoms with E-state index in [1.807, 2.05) is 6.92 Å². The molecule has 1 aromatic heterocycles. The second-order valence-electron chi connectivity index (χ2n) is 3.65. The fraction of sp³-hybridized carbons (Fsp3) is 0.167. The van der Waals surface area contributed by atoms with Crippen LogP contribution in [-0.4, -0.2) is 9.97 Å². The first-order valence-corrected chi connectivity index (χ1v) is 5.71. The maximum absolute atomic E-state index is 13.8. The Hall–Kier alpha value is -1.19. The summed E-state index contributed by atoms with van der Waals surface area (Å²) in [5.74, 6) is -0.286. The first kappa shape index (κ1) is 12.3. The number of halogens is 3. The summed E-state index contributed by atoms with van der Waals surface area (Å²) in [7, 11) is 0. The highest BCUT2D eigenvalue weighted by atomic mass is 35.5. The molecule has 5 heteroatoms. The minimum absolute atomic E-state index is 0.0421. The van der Waals surface area contributed by atoms with E-state index in [1.165, 1.54) is 6.07 Å². The summed E-state index contributed by atoms with van der Waals surface area (Å²) in [6.45, 7) is 3.62. The number of nitrogens with zero attached hydrogens (tertiary/aromatic N) is 2. The number of benzene rings is 1. The van der Waals surface area contributed by atoms with Gasteiger partial charge in [-0.2, -0.15) is 0 Å². The van der Waals surface area contributed by atoms with Gasteiger partial charge in [0.25, 0.3) is 0 Å². The molecule has 0 radical (unpaired) electrons. The lowest BCUT2D eigenvalue weighted by molar-refractivity contribution is 0.630. The third-order valence-electron chi connectivity index (χ3n) is 2.52. The highest BCUT2D eigenvalue weighted by Crippen LogP contribution is 2.27. The number of hydrogen-bond acceptors (Lipinski definition) is 2. The molecule has 0 unspecified atom stereocenters. The SMILES string of the molecule is Cc1nc(-c2cccc(Cl)c2F)nc(Cl)c1C. The van der Waals surface area contributed by atoms with Gasteiger partial charge < -0.3 is 0 Å². The lowest BCUT2D eigenvalue weighted by Gasteiger charge is -2.07. The molecule has 0 atom stereocenters. The highest BCUT2D eigenvalue weighted by Gasteiger charge is 2.13. The zero-order chi connectivity index (χ0) is 12.6. The molecule has 1 aromatic carbocycles. The lowest BCUT2D eigenvalue weighted by atomic mass is 10.2. The standard InChI is InChI=1S/C12H9Cl2FN2/c1-6-7(2)16-12(17-11(6)14)8-4-3-5-9(13)10(8)15/h3-5H,1-2H3. The van der Waals surface area contributed by atoms with E-state index in [4.69, 9.17) is 23.2 Å². The van der Waals surface area contributed by atoms with Crippen molar-refractivity contribution in [3.8, 4) is 11.4 Å². The molecule has 88 valence electrons. The van der Waals surface area contributed by atoms with Crippen LogP contribution in [0.4, 0.5) is 4.39 Å². The molecule has 0 spiro atoms. The Morgan fingerprint density at radius 2 is 1.82 bits per heavy atom. The summed E-state index contributed by atoms with van der Waals surface area (Å²) < 4.78 is 13.8. The minimum atomic E-state index is -0.534.